The molecular formula is C27H52O4. The molecule has 0 bridgehead atoms. The average molecular weight is 441 g/mol. The van der Waals surface area contributed by atoms with Crippen LogP contribution in [0.15, 0.2) is 0 Å². The number of carbonyl (C=O) groups excluding carboxylic acids is 2. The smallest absolute Gasteiger partial charge is 0.306 e. The van der Waals surface area contributed by atoms with Crippen molar-refractivity contribution in [3.63, 3.8) is 0 Å². The number of carbonyl (C=O) groups is 2. The first-order chi connectivity index (χ1) is 15.1. The highest BCUT2D eigenvalue weighted by molar-refractivity contribution is 5.72. The minimum atomic E-state index is -0.194. The third kappa shape index (κ3) is 21.9. The van der Waals surface area contributed by atoms with Crippen LogP contribution >= 0.6 is 0 Å². The van der Waals surface area contributed by atoms with E-state index in [4.69, 9.17) is 9.47 Å². The lowest BCUT2D eigenvalue weighted by molar-refractivity contribution is -0.150. The molecule has 0 heterocycles. The first-order valence-corrected chi connectivity index (χ1v) is 13.5. The van der Waals surface area contributed by atoms with Gasteiger partial charge >= 0.3 is 11.9 Å². The zero-order valence-corrected chi connectivity index (χ0v) is 21.1. The molecule has 4 nitrogen and oxygen atoms in total. The molecule has 0 aliphatic heterocycles. The summed E-state index contributed by atoms with van der Waals surface area (Å²) in [6, 6.07) is 0. The van der Waals surface area contributed by atoms with Gasteiger partial charge in [0.15, 0.2) is 0 Å². The van der Waals surface area contributed by atoms with Crippen molar-refractivity contribution in [1.82, 2.24) is 0 Å². The van der Waals surface area contributed by atoms with Crippen LogP contribution in [-0.4, -0.2) is 24.6 Å². The first-order valence-electron chi connectivity index (χ1n) is 13.5. The molecule has 1 unspecified atom stereocenters. The lowest BCUT2D eigenvalue weighted by Gasteiger charge is -2.15. The van der Waals surface area contributed by atoms with E-state index < -0.39 is 0 Å². The van der Waals surface area contributed by atoms with Crippen LogP contribution in [-0.2, 0) is 19.1 Å². The van der Waals surface area contributed by atoms with E-state index in [0.717, 1.165) is 32.1 Å². The number of esters is 2. The summed E-state index contributed by atoms with van der Waals surface area (Å²) in [5.41, 5.74) is 0. The van der Waals surface area contributed by atoms with Gasteiger partial charge in [-0.25, -0.2) is 0 Å². The van der Waals surface area contributed by atoms with Gasteiger partial charge in [-0.05, 0) is 25.7 Å². The largest absolute Gasteiger partial charge is 0.466 e. The summed E-state index contributed by atoms with van der Waals surface area (Å²) in [5, 5.41) is 0. The van der Waals surface area contributed by atoms with E-state index in [-0.39, 0.29) is 18.0 Å². The molecule has 0 aromatic rings. The Labute approximate surface area is 193 Å². The Morgan fingerprint density at radius 1 is 0.581 bits per heavy atom. The van der Waals surface area contributed by atoms with Gasteiger partial charge in [0.05, 0.1) is 6.61 Å². The zero-order chi connectivity index (χ0) is 23.0. The molecule has 0 saturated carbocycles. The van der Waals surface area contributed by atoms with E-state index in [0.29, 0.717) is 25.9 Å². The van der Waals surface area contributed by atoms with Crippen LogP contribution < -0.4 is 0 Å². The van der Waals surface area contributed by atoms with Gasteiger partial charge in [0, 0.05) is 12.8 Å². The molecular weight excluding hydrogens is 388 g/mol. The van der Waals surface area contributed by atoms with Gasteiger partial charge in [-0.3, -0.25) is 9.59 Å². The summed E-state index contributed by atoms with van der Waals surface area (Å²) in [6.45, 7) is 6.90. The van der Waals surface area contributed by atoms with Crippen LogP contribution in [0.4, 0.5) is 0 Å². The third-order valence-electron chi connectivity index (χ3n) is 5.89. The van der Waals surface area contributed by atoms with Crippen molar-refractivity contribution in [2.45, 2.75) is 155 Å². The molecule has 0 aromatic heterocycles. The minimum Gasteiger partial charge on any atom is -0.466 e. The molecule has 0 rings (SSSR count). The van der Waals surface area contributed by atoms with Gasteiger partial charge in [0.25, 0.3) is 0 Å². The molecule has 0 aromatic carbocycles. The topological polar surface area (TPSA) is 52.6 Å². The Morgan fingerprint density at radius 2 is 1.06 bits per heavy atom. The van der Waals surface area contributed by atoms with Gasteiger partial charge in [-0.2, -0.15) is 0 Å². The van der Waals surface area contributed by atoms with Gasteiger partial charge in [-0.1, -0.05) is 111 Å². The van der Waals surface area contributed by atoms with Gasteiger partial charge in [0.1, 0.15) is 6.10 Å². The van der Waals surface area contributed by atoms with Crippen LogP contribution in [0.2, 0.25) is 0 Å². The molecule has 184 valence electrons. The normalized spacial score (nSPS) is 12.0. The molecule has 1 atom stereocenters. The van der Waals surface area contributed by atoms with Crippen molar-refractivity contribution in [2.24, 2.45) is 0 Å². The van der Waals surface area contributed by atoms with E-state index in [2.05, 4.69) is 13.8 Å². The fraction of sp³-hybridized carbons (Fsp3) is 0.926. The molecule has 0 amide bonds. The summed E-state index contributed by atoms with van der Waals surface area (Å²) in [6.07, 6.45) is 22.4. The Kier molecular flexibility index (Phi) is 22.8. The van der Waals surface area contributed by atoms with Gasteiger partial charge < -0.3 is 9.47 Å². The van der Waals surface area contributed by atoms with Crippen molar-refractivity contribution in [1.29, 1.82) is 0 Å². The quantitative estimate of drug-likeness (QED) is 0.118. The highest BCUT2D eigenvalue weighted by Crippen LogP contribution is 2.13. The number of hydrogen-bond donors (Lipinski definition) is 0. The highest BCUT2D eigenvalue weighted by atomic mass is 16.5. The van der Waals surface area contributed by atoms with Crippen LogP contribution in [0, 0.1) is 0 Å². The molecule has 0 radical (unpaired) electrons. The van der Waals surface area contributed by atoms with Crippen molar-refractivity contribution >= 4 is 11.9 Å². The third-order valence-corrected chi connectivity index (χ3v) is 5.89. The fourth-order valence-corrected chi connectivity index (χ4v) is 3.85. The monoisotopic (exact) mass is 440 g/mol. The maximum absolute atomic E-state index is 11.8. The second-order valence-electron chi connectivity index (χ2n) is 8.98. The van der Waals surface area contributed by atoms with E-state index in [1.165, 1.54) is 77.0 Å². The van der Waals surface area contributed by atoms with Crippen LogP contribution in [0.1, 0.15) is 149 Å². The van der Waals surface area contributed by atoms with Gasteiger partial charge in [0.2, 0.25) is 0 Å². The standard InChI is InChI=1S/C27H52O4/c1-4-7-8-9-10-11-12-13-14-15-16-17-18-19-24-30-26(28)22-20-23-27(29)31-25(6-3)21-5-2/h25H,4-24H2,1-3H3. The van der Waals surface area contributed by atoms with Gasteiger partial charge in [-0.15, -0.1) is 0 Å². The predicted molar refractivity (Wildman–Crippen MR) is 130 cm³/mol. The van der Waals surface area contributed by atoms with E-state index >= 15 is 0 Å². The summed E-state index contributed by atoms with van der Waals surface area (Å²) in [4.78, 5) is 23.6. The van der Waals surface area contributed by atoms with E-state index in [1.54, 1.807) is 0 Å². The zero-order valence-electron chi connectivity index (χ0n) is 21.1. The Balaban J connectivity index is 3.35. The second-order valence-corrected chi connectivity index (χ2v) is 8.98. The number of rotatable bonds is 23. The summed E-state index contributed by atoms with van der Waals surface area (Å²) in [7, 11) is 0. The number of hydrogen-bond acceptors (Lipinski definition) is 4. The maximum Gasteiger partial charge on any atom is 0.306 e. The first kappa shape index (κ1) is 29.9. The van der Waals surface area contributed by atoms with Crippen molar-refractivity contribution < 1.29 is 19.1 Å². The number of unbranched alkanes of at least 4 members (excludes halogenated alkanes) is 13. The Hall–Kier alpha value is -1.06. The van der Waals surface area contributed by atoms with Crippen molar-refractivity contribution in [3.8, 4) is 0 Å². The van der Waals surface area contributed by atoms with Crippen molar-refractivity contribution in [2.75, 3.05) is 6.61 Å². The predicted octanol–water partition coefficient (Wildman–Crippen LogP) is 8.30. The molecule has 0 N–H and O–H groups in total. The molecule has 0 aliphatic rings. The Morgan fingerprint density at radius 3 is 1.55 bits per heavy atom. The number of ether oxygens (including phenoxy) is 2. The lowest BCUT2D eigenvalue weighted by atomic mass is 10.0. The molecule has 0 fully saturated rings. The van der Waals surface area contributed by atoms with Crippen LogP contribution in [0.25, 0.3) is 0 Å². The van der Waals surface area contributed by atoms with E-state index in [9.17, 15) is 9.59 Å². The van der Waals surface area contributed by atoms with E-state index in [1.807, 2.05) is 6.92 Å². The fourth-order valence-electron chi connectivity index (χ4n) is 3.85. The highest BCUT2D eigenvalue weighted by Gasteiger charge is 2.12. The summed E-state index contributed by atoms with van der Waals surface area (Å²) >= 11 is 0. The maximum atomic E-state index is 11.8. The van der Waals surface area contributed by atoms with Crippen molar-refractivity contribution in [3.05, 3.63) is 0 Å². The summed E-state index contributed by atoms with van der Waals surface area (Å²) < 4.78 is 10.7. The molecule has 31 heavy (non-hydrogen) atoms. The second kappa shape index (κ2) is 23.6. The molecule has 4 heteroatoms. The SMILES string of the molecule is CCCCCCCCCCCCCCCCOC(=O)CCCC(=O)OC(CC)CCC. The molecule has 0 saturated heterocycles. The Bertz CT molecular complexity index is 408. The molecule has 0 aliphatic carbocycles. The average Bonchev–Trinajstić information content (AvgIpc) is 2.76. The minimum absolute atomic E-state index is 0.0183. The lowest BCUT2D eigenvalue weighted by Crippen LogP contribution is -2.17. The summed E-state index contributed by atoms with van der Waals surface area (Å²) in [5.74, 6) is -0.386. The van der Waals surface area contributed by atoms with Crippen LogP contribution in [0.3, 0.4) is 0 Å². The van der Waals surface area contributed by atoms with Crippen LogP contribution in [0.5, 0.6) is 0 Å². The molecule has 0 spiro atoms.